The van der Waals surface area contributed by atoms with E-state index in [1.165, 1.54) is 28.7 Å². The summed E-state index contributed by atoms with van der Waals surface area (Å²) < 4.78 is 14.2. The number of nitrogens with zero attached hydrogens (tertiary/aromatic N) is 2. The minimum absolute atomic E-state index is 0.281. The zero-order valence-electron chi connectivity index (χ0n) is 34.9. The second-order valence-corrected chi connectivity index (χ2v) is 17.0. The molecule has 12 rings (SSSR count). The van der Waals surface area contributed by atoms with Crippen molar-refractivity contribution in [2.24, 2.45) is 5.92 Å². The Bertz CT molecular complexity index is 3150. The number of rotatable bonds is 7. The van der Waals surface area contributed by atoms with E-state index in [9.17, 15) is 0 Å². The number of hydrogen-bond donors (Lipinski definition) is 0. The maximum atomic E-state index is 7.31. The number of aromatic nitrogens is 2. The van der Waals surface area contributed by atoms with Crippen LogP contribution in [-0.4, -0.2) is 9.97 Å². The molecule has 4 aliphatic rings. The number of fused-ring (bicyclic) bond motifs is 5. The van der Waals surface area contributed by atoms with E-state index >= 15 is 0 Å². The number of allylic oxidation sites excluding steroid dienone is 6. The van der Waals surface area contributed by atoms with Crippen molar-refractivity contribution in [2.45, 2.75) is 37.5 Å². The molecule has 0 saturated carbocycles. The maximum Gasteiger partial charge on any atom is 0.177 e. The Morgan fingerprint density at radius 1 is 0.492 bits per heavy atom. The molecule has 4 nitrogen and oxygen atoms in total. The molecule has 0 N–H and O–H groups in total. The standard InChI is InChI=1S/C59H44N2O2/c1-5-19-39(20-6-1)45-29-13-14-30-47(45)52-38-51(60-58(61-52)40-21-7-2-8-22-40)42-24-17-23-41(37-42)46-32-18-34-53-56(46)63-57-54(62-53)36-35-50-55(57)48-31-15-16-33-49(48)59(50,43-25-9-3-10-26-43)44-27-11-4-12-28-44/h1-14,17-27,29-30,32,34-38,44H,15-16,28,31,33H2. The molecule has 0 saturated heterocycles. The molecular formula is C59H44N2O2. The highest BCUT2D eigenvalue weighted by molar-refractivity contribution is 5.90. The average molecular weight is 813 g/mol. The SMILES string of the molecule is C1=CCC(C2(c3ccccc3)C3=C(CCCC3)c3c2ccc2c3Oc3c(cccc3-c3cccc(-c4cc(-c5ccccc5-c5ccccc5)nc(-c5ccccc5)n4)c3)O2)C=C1. The van der Waals surface area contributed by atoms with E-state index in [0.717, 1.165) is 93.3 Å². The number of ether oxygens (including phenoxy) is 2. The van der Waals surface area contributed by atoms with Crippen molar-refractivity contribution in [2.75, 3.05) is 0 Å². The van der Waals surface area contributed by atoms with Crippen molar-refractivity contribution >= 4 is 5.57 Å². The monoisotopic (exact) mass is 812 g/mol. The first-order valence-corrected chi connectivity index (χ1v) is 22.2. The third kappa shape index (κ3) is 6.20. The second-order valence-electron chi connectivity index (χ2n) is 17.0. The van der Waals surface area contributed by atoms with Crippen LogP contribution >= 0.6 is 0 Å². The molecule has 8 aromatic rings. The Balaban J connectivity index is 0.982. The van der Waals surface area contributed by atoms with Crippen LogP contribution in [0.25, 0.3) is 61.7 Å². The van der Waals surface area contributed by atoms with Crippen LogP contribution in [-0.2, 0) is 5.41 Å². The first kappa shape index (κ1) is 37.2. The molecule has 1 aromatic heterocycles. The van der Waals surface area contributed by atoms with Gasteiger partial charge in [0.15, 0.2) is 28.8 Å². The van der Waals surface area contributed by atoms with Crippen molar-refractivity contribution in [3.63, 3.8) is 0 Å². The fourth-order valence-corrected chi connectivity index (χ4v) is 10.7. The predicted octanol–water partition coefficient (Wildman–Crippen LogP) is 15.5. The lowest BCUT2D eigenvalue weighted by Crippen LogP contribution is -2.37. The van der Waals surface area contributed by atoms with Gasteiger partial charge in [-0.3, -0.25) is 0 Å². The van der Waals surface area contributed by atoms with Gasteiger partial charge in [0, 0.05) is 33.2 Å². The smallest absolute Gasteiger partial charge is 0.177 e. The summed E-state index contributed by atoms with van der Waals surface area (Å²) in [5, 5.41) is 0. The molecule has 0 fully saturated rings. The summed E-state index contributed by atoms with van der Waals surface area (Å²) >= 11 is 0. The van der Waals surface area contributed by atoms with Crippen molar-refractivity contribution in [3.8, 4) is 79.2 Å². The molecule has 63 heavy (non-hydrogen) atoms. The van der Waals surface area contributed by atoms with Crippen LogP contribution in [0.15, 0.2) is 206 Å². The van der Waals surface area contributed by atoms with Gasteiger partial charge < -0.3 is 9.47 Å². The Labute approximate surface area is 368 Å². The van der Waals surface area contributed by atoms with Crippen molar-refractivity contribution in [1.82, 2.24) is 9.97 Å². The molecular weight excluding hydrogens is 769 g/mol. The summed E-state index contributed by atoms with van der Waals surface area (Å²) in [7, 11) is 0. The molecule has 3 aliphatic carbocycles. The van der Waals surface area contributed by atoms with Gasteiger partial charge in [-0.25, -0.2) is 9.97 Å². The van der Waals surface area contributed by atoms with Gasteiger partial charge in [-0.1, -0.05) is 182 Å². The van der Waals surface area contributed by atoms with Gasteiger partial charge in [0.25, 0.3) is 0 Å². The minimum Gasteiger partial charge on any atom is -0.449 e. The number of para-hydroxylation sites is 1. The average Bonchev–Trinajstić information content (AvgIpc) is 3.68. The summed E-state index contributed by atoms with van der Waals surface area (Å²) in [6, 6.07) is 61.9. The predicted molar refractivity (Wildman–Crippen MR) is 255 cm³/mol. The number of hydrogen-bond acceptors (Lipinski definition) is 4. The Kier molecular flexibility index (Phi) is 9.11. The second kappa shape index (κ2) is 15.4. The molecule has 0 bridgehead atoms. The Morgan fingerprint density at radius 2 is 1.16 bits per heavy atom. The molecule has 302 valence electrons. The van der Waals surface area contributed by atoms with Crippen LogP contribution in [0.1, 0.15) is 48.8 Å². The van der Waals surface area contributed by atoms with Gasteiger partial charge in [0.2, 0.25) is 0 Å². The van der Waals surface area contributed by atoms with E-state index in [1.807, 2.05) is 24.3 Å². The normalized spacial score (nSPS) is 18.1. The molecule has 0 amide bonds. The topological polar surface area (TPSA) is 44.2 Å². The van der Waals surface area contributed by atoms with Crippen LogP contribution in [0, 0.1) is 5.92 Å². The lowest BCUT2D eigenvalue weighted by Gasteiger charge is -2.42. The summed E-state index contributed by atoms with van der Waals surface area (Å²) in [4.78, 5) is 10.4. The fourth-order valence-electron chi connectivity index (χ4n) is 10.7. The highest BCUT2D eigenvalue weighted by Crippen LogP contribution is 2.64. The lowest BCUT2D eigenvalue weighted by atomic mass is 9.60. The minimum atomic E-state index is -0.281. The van der Waals surface area contributed by atoms with Crippen molar-refractivity contribution in [1.29, 1.82) is 0 Å². The number of benzene rings is 7. The summed E-state index contributed by atoms with van der Waals surface area (Å²) in [5.41, 5.74) is 15.6. The van der Waals surface area contributed by atoms with E-state index in [0.29, 0.717) is 17.5 Å². The van der Waals surface area contributed by atoms with Crippen molar-refractivity contribution < 1.29 is 9.47 Å². The maximum absolute atomic E-state index is 7.31. The Hall–Kier alpha value is -7.56. The molecule has 4 heteroatoms. The third-order valence-corrected chi connectivity index (χ3v) is 13.5. The molecule has 2 heterocycles. The molecule has 7 aromatic carbocycles. The third-order valence-electron chi connectivity index (χ3n) is 13.5. The zero-order chi connectivity index (χ0) is 41.7. The van der Waals surface area contributed by atoms with Crippen LogP contribution in [0.2, 0.25) is 0 Å². The van der Waals surface area contributed by atoms with Crippen molar-refractivity contribution in [3.05, 3.63) is 222 Å². The highest BCUT2D eigenvalue weighted by Gasteiger charge is 2.52. The van der Waals surface area contributed by atoms with Crippen LogP contribution < -0.4 is 9.47 Å². The van der Waals surface area contributed by atoms with Crippen LogP contribution in [0.4, 0.5) is 0 Å². The zero-order valence-corrected chi connectivity index (χ0v) is 34.9. The molecule has 1 aliphatic heterocycles. The van der Waals surface area contributed by atoms with Crippen LogP contribution in [0.3, 0.4) is 0 Å². The van der Waals surface area contributed by atoms with Crippen LogP contribution in [0.5, 0.6) is 23.0 Å². The molecule has 0 spiro atoms. The summed E-state index contributed by atoms with van der Waals surface area (Å²) in [5.74, 6) is 4.01. The van der Waals surface area contributed by atoms with E-state index in [2.05, 4.69) is 176 Å². The van der Waals surface area contributed by atoms with E-state index in [4.69, 9.17) is 19.4 Å². The fraction of sp³-hybridized carbons (Fsp3) is 0.119. The molecule has 2 unspecified atom stereocenters. The lowest BCUT2D eigenvalue weighted by molar-refractivity contribution is 0.358. The summed E-state index contributed by atoms with van der Waals surface area (Å²) in [6.45, 7) is 0. The first-order chi connectivity index (χ1) is 31.2. The molecule has 2 atom stereocenters. The van der Waals surface area contributed by atoms with E-state index < -0.39 is 0 Å². The van der Waals surface area contributed by atoms with E-state index in [1.54, 1.807) is 5.57 Å². The summed E-state index contributed by atoms with van der Waals surface area (Å²) in [6.07, 6.45) is 14.6. The van der Waals surface area contributed by atoms with Gasteiger partial charge >= 0.3 is 0 Å². The largest absolute Gasteiger partial charge is 0.449 e. The first-order valence-electron chi connectivity index (χ1n) is 22.2. The van der Waals surface area contributed by atoms with E-state index in [-0.39, 0.29) is 5.41 Å². The van der Waals surface area contributed by atoms with Gasteiger partial charge in [-0.2, -0.15) is 0 Å². The van der Waals surface area contributed by atoms with Gasteiger partial charge in [0.1, 0.15) is 0 Å². The van der Waals surface area contributed by atoms with Gasteiger partial charge in [-0.05, 0) is 95.7 Å². The molecule has 0 radical (unpaired) electrons. The highest BCUT2D eigenvalue weighted by atomic mass is 16.6. The van der Waals surface area contributed by atoms with Gasteiger partial charge in [-0.15, -0.1) is 0 Å². The quantitative estimate of drug-likeness (QED) is 0.161. The Morgan fingerprint density at radius 3 is 1.97 bits per heavy atom. The van der Waals surface area contributed by atoms with Gasteiger partial charge in [0.05, 0.1) is 11.4 Å².